The Bertz CT molecular complexity index is 170. The van der Waals surface area contributed by atoms with Crippen molar-refractivity contribution >= 4 is 0 Å². The smallest absolute Gasteiger partial charge is 0.0822 e. The van der Waals surface area contributed by atoms with Crippen molar-refractivity contribution in [2.24, 2.45) is 0 Å². The highest BCUT2D eigenvalue weighted by atomic mass is 16.6. The van der Waals surface area contributed by atoms with Crippen LogP contribution in [0.1, 0.15) is 13.3 Å². The topological polar surface area (TPSA) is 19.0 Å². The molecule has 76 valence electrons. The highest BCUT2D eigenvalue weighted by Crippen LogP contribution is 2.15. The Kier molecular flexibility index (Phi) is 2.86. The van der Waals surface area contributed by atoms with Gasteiger partial charge in [-0.25, -0.2) is 0 Å². The third-order valence-corrected chi connectivity index (χ3v) is 3.21. The average molecular weight is 184 g/mol. The maximum absolute atomic E-state index is 5.21. The minimum Gasteiger partial charge on any atom is -0.373 e. The number of hydrogen-bond acceptors (Lipinski definition) is 3. The normalized spacial score (nSPS) is 36.5. The van der Waals surface area contributed by atoms with Crippen molar-refractivity contribution in [3.8, 4) is 0 Å². The van der Waals surface area contributed by atoms with Gasteiger partial charge in [0.05, 0.1) is 12.7 Å². The molecule has 2 fully saturated rings. The number of nitrogens with zero attached hydrogens (tertiary/aromatic N) is 2. The van der Waals surface area contributed by atoms with Gasteiger partial charge in [0.2, 0.25) is 0 Å². The highest BCUT2D eigenvalue weighted by molar-refractivity contribution is 4.78. The Morgan fingerprint density at radius 1 is 1.38 bits per heavy atom. The summed E-state index contributed by atoms with van der Waals surface area (Å²) < 4.78 is 5.21. The molecule has 2 rings (SSSR count). The molecule has 0 N–H and O–H groups in total. The largest absolute Gasteiger partial charge is 0.373 e. The van der Waals surface area contributed by atoms with Crippen LogP contribution in [-0.2, 0) is 4.74 Å². The van der Waals surface area contributed by atoms with Crippen LogP contribution in [-0.4, -0.2) is 61.8 Å². The van der Waals surface area contributed by atoms with Crippen LogP contribution in [0.3, 0.4) is 0 Å². The van der Waals surface area contributed by atoms with Crippen LogP contribution in [0.2, 0.25) is 0 Å². The molecule has 2 aliphatic rings. The van der Waals surface area contributed by atoms with Crippen LogP contribution in [0, 0.1) is 0 Å². The summed E-state index contributed by atoms with van der Waals surface area (Å²) in [4.78, 5) is 5.00. The highest BCUT2D eigenvalue weighted by Gasteiger charge is 2.25. The second kappa shape index (κ2) is 3.95. The fourth-order valence-corrected chi connectivity index (χ4v) is 1.89. The van der Waals surface area contributed by atoms with Crippen LogP contribution in [0.15, 0.2) is 0 Å². The van der Waals surface area contributed by atoms with Crippen LogP contribution in [0.4, 0.5) is 0 Å². The Morgan fingerprint density at radius 2 is 2.15 bits per heavy atom. The maximum atomic E-state index is 5.21. The van der Waals surface area contributed by atoms with Crippen molar-refractivity contribution in [2.45, 2.75) is 25.5 Å². The fraction of sp³-hybridized carbons (Fsp3) is 1.00. The molecule has 0 amide bonds. The summed E-state index contributed by atoms with van der Waals surface area (Å²) in [7, 11) is 2.21. The standard InChI is InChI=1S/C10H20N2O/c1-9-7-12(6-5-11(9)2)4-3-10-8-13-10/h9-10H,3-8H2,1-2H3. The lowest BCUT2D eigenvalue weighted by Gasteiger charge is -2.37. The zero-order valence-electron chi connectivity index (χ0n) is 8.70. The minimum atomic E-state index is 0.593. The zero-order chi connectivity index (χ0) is 9.26. The monoisotopic (exact) mass is 184 g/mol. The number of likely N-dealkylation sites (N-methyl/N-ethyl adjacent to an activating group) is 1. The molecule has 3 nitrogen and oxygen atoms in total. The molecule has 3 heteroatoms. The summed E-state index contributed by atoms with van der Waals surface area (Å²) in [5, 5.41) is 0. The second-order valence-electron chi connectivity index (χ2n) is 4.37. The zero-order valence-corrected chi connectivity index (χ0v) is 8.70. The third kappa shape index (κ3) is 2.66. The summed E-state index contributed by atoms with van der Waals surface area (Å²) in [6, 6.07) is 0.717. The molecule has 0 saturated carbocycles. The van der Waals surface area contributed by atoms with Crippen molar-refractivity contribution in [3.63, 3.8) is 0 Å². The van der Waals surface area contributed by atoms with Crippen LogP contribution in [0.5, 0.6) is 0 Å². The summed E-state index contributed by atoms with van der Waals surface area (Å²) in [6.07, 6.45) is 1.83. The van der Waals surface area contributed by atoms with Crippen molar-refractivity contribution in [1.82, 2.24) is 9.80 Å². The van der Waals surface area contributed by atoms with E-state index in [1.165, 1.54) is 32.6 Å². The lowest BCUT2D eigenvalue weighted by atomic mass is 10.2. The van der Waals surface area contributed by atoms with Crippen LogP contribution in [0.25, 0.3) is 0 Å². The molecular formula is C10H20N2O. The van der Waals surface area contributed by atoms with Gasteiger partial charge in [-0.1, -0.05) is 0 Å². The lowest BCUT2D eigenvalue weighted by molar-refractivity contribution is 0.102. The molecule has 2 aliphatic heterocycles. The molecule has 0 aromatic rings. The molecule has 2 unspecified atom stereocenters. The Labute approximate surface area is 80.6 Å². The van der Waals surface area contributed by atoms with E-state index in [9.17, 15) is 0 Å². The second-order valence-corrected chi connectivity index (χ2v) is 4.37. The van der Waals surface area contributed by atoms with E-state index in [0.717, 1.165) is 6.61 Å². The molecule has 0 bridgehead atoms. The summed E-state index contributed by atoms with van der Waals surface area (Å²) in [6.45, 7) is 8.20. The van der Waals surface area contributed by atoms with Crippen LogP contribution < -0.4 is 0 Å². The summed E-state index contributed by atoms with van der Waals surface area (Å²) in [5.41, 5.74) is 0. The molecule has 2 saturated heterocycles. The van der Waals surface area contributed by atoms with Crippen molar-refractivity contribution in [1.29, 1.82) is 0 Å². The first-order chi connectivity index (χ1) is 6.25. The van der Waals surface area contributed by atoms with Gasteiger partial charge in [0, 0.05) is 32.2 Å². The van der Waals surface area contributed by atoms with E-state index >= 15 is 0 Å². The first kappa shape index (κ1) is 9.44. The number of epoxide rings is 1. The van der Waals surface area contributed by atoms with Crippen molar-refractivity contribution in [3.05, 3.63) is 0 Å². The van der Waals surface area contributed by atoms with Gasteiger partial charge >= 0.3 is 0 Å². The number of piperazine rings is 1. The molecule has 13 heavy (non-hydrogen) atoms. The van der Waals surface area contributed by atoms with Crippen molar-refractivity contribution < 1.29 is 4.74 Å². The molecule has 0 aromatic carbocycles. The van der Waals surface area contributed by atoms with E-state index in [1.807, 2.05) is 0 Å². The molecule has 0 spiro atoms. The summed E-state index contributed by atoms with van der Waals surface area (Å²) in [5.74, 6) is 0. The molecule has 0 aromatic heterocycles. The van der Waals surface area contributed by atoms with Gasteiger partial charge in [0.15, 0.2) is 0 Å². The average Bonchev–Trinajstić information content (AvgIpc) is 2.91. The van der Waals surface area contributed by atoms with E-state index in [0.29, 0.717) is 12.1 Å². The SMILES string of the molecule is CC1CN(CCC2CO2)CCN1C. The fourth-order valence-electron chi connectivity index (χ4n) is 1.89. The van der Waals surface area contributed by atoms with Gasteiger partial charge in [-0.15, -0.1) is 0 Å². The predicted molar refractivity (Wildman–Crippen MR) is 52.9 cm³/mol. The van der Waals surface area contributed by atoms with Gasteiger partial charge in [-0.05, 0) is 20.4 Å². The predicted octanol–water partition coefficient (Wildman–Crippen LogP) is 0.411. The van der Waals surface area contributed by atoms with Gasteiger partial charge in [0.25, 0.3) is 0 Å². The maximum Gasteiger partial charge on any atom is 0.0822 e. The summed E-state index contributed by atoms with van der Waals surface area (Å²) >= 11 is 0. The van der Waals surface area contributed by atoms with Gasteiger partial charge in [0.1, 0.15) is 0 Å². The van der Waals surface area contributed by atoms with E-state index < -0.39 is 0 Å². The van der Waals surface area contributed by atoms with E-state index in [4.69, 9.17) is 4.74 Å². The quantitative estimate of drug-likeness (QED) is 0.592. The van der Waals surface area contributed by atoms with Crippen molar-refractivity contribution in [2.75, 3.05) is 39.8 Å². The Balaban J connectivity index is 1.68. The Hall–Kier alpha value is -0.120. The molecular weight excluding hydrogens is 164 g/mol. The van der Waals surface area contributed by atoms with E-state index in [2.05, 4.69) is 23.8 Å². The molecule has 2 atom stereocenters. The number of ether oxygens (including phenoxy) is 1. The number of rotatable bonds is 3. The molecule has 0 aliphatic carbocycles. The first-order valence-electron chi connectivity index (χ1n) is 5.30. The van der Waals surface area contributed by atoms with Crippen LogP contribution >= 0.6 is 0 Å². The molecule has 2 heterocycles. The van der Waals surface area contributed by atoms with Gasteiger partial charge in [-0.3, -0.25) is 0 Å². The third-order valence-electron chi connectivity index (χ3n) is 3.21. The van der Waals surface area contributed by atoms with Gasteiger partial charge < -0.3 is 14.5 Å². The minimum absolute atomic E-state index is 0.593. The lowest BCUT2D eigenvalue weighted by Crippen LogP contribution is -2.50. The van der Waals surface area contributed by atoms with E-state index in [-0.39, 0.29) is 0 Å². The van der Waals surface area contributed by atoms with E-state index in [1.54, 1.807) is 0 Å². The first-order valence-corrected chi connectivity index (χ1v) is 5.30. The Morgan fingerprint density at radius 3 is 2.77 bits per heavy atom. The number of hydrogen-bond donors (Lipinski definition) is 0. The molecule has 0 radical (unpaired) electrons. The van der Waals surface area contributed by atoms with Gasteiger partial charge in [-0.2, -0.15) is 0 Å².